The van der Waals surface area contributed by atoms with E-state index in [0.29, 0.717) is 11.1 Å². The van der Waals surface area contributed by atoms with Gasteiger partial charge < -0.3 is 0 Å². The summed E-state index contributed by atoms with van der Waals surface area (Å²) in [6.45, 7) is 0. The third-order valence-electron chi connectivity index (χ3n) is 6.53. The molecule has 1 saturated carbocycles. The molecule has 3 nitrogen and oxygen atoms in total. The Balaban J connectivity index is 1.80. The Bertz CT molecular complexity index is 1030. The van der Waals surface area contributed by atoms with Crippen LogP contribution in [0.1, 0.15) is 56.5 Å². The van der Waals surface area contributed by atoms with Crippen LogP contribution in [0, 0.1) is 5.41 Å². The van der Waals surface area contributed by atoms with Crippen LogP contribution in [0.5, 0.6) is 0 Å². The molecule has 0 aliphatic heterocycles. The maximum atomic E-state index is 13.9. The molecule has 0 heterocycles. The molecule has 2 aliphatic carbocycles. The quantitative estimate of drug-likeness (QED) is 0.589. The fourth-order valence-corrected chi connectivity index (χ4v) is 5.30. The molecular weight excluding hydrogens is 360 g/mol. The highest BCUT2D eigenvalue weighted by molar-refractivity contribution is 6.31. The lowest BCUT2D eigenvalue weighted by molar-refractivity contribution is -0.122. The molecule has 1 fully saturated rings. The Hall–Kier alpha value is -3.33. The van der Waals surface area contributed by atoms with E-state index in [9.17, 15) is 14.4 Å². The van der Waals surface area contributed by atoms with Crippen LogP contribution in [0.25, 0.3) is 0 Å². The van der Waals surface area contributed by atoms with Crippen molar-refractivity contribution < 1.29 is 14.4 Å². The smallest absolute Gasteiger partial charge is 0.178 e. The largest absolute Gasteiger partial charge is 0.300 e. The number of ketones is 3. The van der Waals surface area contributed by atoms with Gasteiger partial charge in [0, 0.05) is 35.8 Å². The van der Waals surface area contributed by atoms with Crippen molar-refractivity contribution in [1.29, 1.82) is 0 Å². The Morgan fingerprint density at radius 3 is 1.34 bits per heavy atom. The normalized spacial score (nSPS) is 22.7. The van der Waals surface area contributed by atoms with Gasteiger partial charge in [0.25, 0.3) is 0 Å². The van der Waals surface area contributed by atoms with Crippen LogP contribution in [0.2, 0.25) is 0 Å². The molecule has 0 N–H and O–H groups in total. The van der Waals surface area contributed by atoms with E-state index >= 15 is 0 Å². The minimum absolute atomic E-state index is 0.0925. The fourth-order valence-electron chi connectivity index (χ4n) is 5.30. The van der Waals surface area contributed by atoms with Gasteiger partial charge in [0.15, 0.2) is 11.6 Å². The Morgan fingerprint density at radius 2 is 0.931 bits per heavy atom. The molecule has 0 unspecified atom stereocenters. The molecule has 2 atom stereocenters. The van der Waals surface area contributed by atoms with Crippen LogP contribution in [0.4, 0.5) is 0 Å². The highest BCUT2D eigenvalue weighted by Gasteiger charge is 2.64. The standard InChI is InChI=1S/C26H20O3/c27-19-15-22(17-9-3-1-4-10-17)26(23(16-19)18-11-5-2-6-12-18)24(28)20-13-7-8-14-21(20)25(26)29/h1-14,22-23H,15-16H2/t22-,23+. The lowest BCUT2D eigenvalue weighted by atomic mass is 9.54. The number of fused-ring (bicyclic) bond motifs is 1. The van der Waals surface area contributed by atoms with Crippen molar-refractivity contribution in [3.63, 3.8) is 0 Å². The summed E-state index contributed by atoms with van der Waals surface area (Å²) < 4.78 is 0. The fraction of sp³-hybridized carbons (Fsp3) is 0.192. The molecule has 0 amide bonds. The van der Waals surface area contributed by atoms with Crippen LogP contribution < -0.4 is 0 Å². The maximum Gasteiger partial charge on any atom is 0.178 e. The second kappa shape index (κ2) is 6.63. The zero-order chi connectivity index (χ0) is 20.0. The second-order valence-corrected chi connectivity index (χ2v) is 7.95. The first kappa shape index (κ1) is 17.7. The Labute approximate surface area is 169 Å². The van der Waals surface area contributed by atoms with Gasteiger partial charge in [-0.3, -0.25) is 14.4 Å². The topological polar surface area (TPSA) is 51.2 Å². The van der Waals surface area contributed by atoms with Crippen molar-refractivity contribution in [2.24, 2.45) is 5.41 Å². The number of hydrogen-bond donors (Lipinski definition) is 0. The molecular formula is C26H20O3. The number of carbonyl (C=O) groups is 3. The van der Waals surface area contributed by atoms with Gasteiger partial charge in [-0.15, -0.1) is 0 Å². The van der Waals surface area contributed by atoms with Gasteiger partial charge in [-0.2, -0.15) is 0 Å². The van der Waals surface area contributed by atoms with Gasteiger partial charge in [-0.05, 0) is 11.1 Å². The van der Waals surface area contributed by atoms with Crippen molar-refractivity contribution >= 4 is 17.3 Å². The molecule has 3 aromatic rings. The van der Waals surface area contributed by atoms with Crippen LogP contribution in [-0.2, 0) is 4.79 Å². The molecule has 142 valence electrons. The monoisotopic (exact) mass is 380 g/mol. The third kappa shape index (κ3) is 2.47. The minimum Gasteiger partial charge on any atom is -0.300 e. The van der Waals surface area contributed by atoms with Crippen LogP contribution in [0.3, 0.4) is 0 Å². The van der Waals surface area contributed by atoms with E-state index in [1.54, 1.807) is 24.3 Å². The summed E-state index contributed by atoms with van der Waals surface area (Å²) in [4.78, 5) is 40.7. The van der Waals surface area contributed by atoms with Gasteiger partial charge in [0.1, 0.15) is 11.2 Å². The summed E-state index contributed by atoms with van der Waals surface area (Å²) in [6, 6.07) is 26.2. The first-order chi connectivity index (χ1) is 14.1. The summed E-state index contributed by atoms with van der Waals surface area (Å²) in [5.74, 6) is -1.14. The molecule has 3 heteroatoms. The molecule has 1 spiro atoms. The van der Waals surface area contributed by atoms with Crippen molar-refractivity contribution in [1.82, 2.24) is 0 Å². The van der Waals surface area contributed by atoms with Gasteiger partial charge in [0.2, 0.25) is 0 Å². The number of rotatable bonds is 2. The molecule has 2 aliphatic rings. The van der Waals surface area contributed by atoms with E-state index in [0.717, 1.165) is 11.1 Å². The average Bonchev–Trinajstić information content (AvgIpc) is 2.99. The van der Waals surface area contributed by atoms with E-state index in [1.165, 1.54) is 0 Å². The van der Waals surface area contributed by atoms with E-state index in [-0.39, 0.29) is 30.2 Å². The van der Waals surface area contributed by atoms with E-state index in [4.69, 9.17) is 0 Å². The summed E-state index contributed by atoms with van der Waals surface area (Å²) in [7, 11) is 0. The van der Waals surface area contributed by atoms with Crippen molar-refractivity contribution in [2.45, 2.75) is 24.7 Å². The molecule has 0 bridgehead atoms. The molecule has 0 saturated heterocycles. The Kier molecular flexibility index (Phi) is 4.06. The zero-order valence-electron chi connectivity index (χ0n) is 15.9. The molecule has 29 heavy (non-hydrogen) atoms. The van der Waals surface area contributed by atoms with E-state index in [1.807, 2.05) is 60.7 Å². The average molecular weight is 380 g/mol. The van der Waals surface area contributed by atoms with Crippen molar-refractivity contribution in [3.05, 3.63) is 107 Å². The summed E-state index contributed by atoms with van der Waals surface area (Å²) >= 11 is 0. The lowest BCUT2D eigenvalue weighted by Gasteiger charge is -2.44. The predicted molar refractivity (Wildman–Crippen MR) is 110 cm³/mol. The third-order valence-corrected chi connectivity index (χ3v) is 6.53. The van der Waals surface area contributed by atoms with Crippen molar-refractivity contribution in [3.8, 4) is 0 Å². The molecule has 0 radical (unpaired) electrons. The van der Waals surface area contributed by atoms with Gasteiger partial charge in [0.05, 0.1) is 0 Å². The molecule has 3 aromatic carbocycles. The Morgan fingerprint density at radius 1 is 0.552 bits per heavy atom. The number of Topliss-reactive ketones (excluding diaryl/α,β-unsaturated/α-hetero) is 3. The van der Waals surface area contributed by atoms with E-state index in [2.05, 4.69) is 0 Å². The predicted octanol–water partition coefficient (Wildman–Crippen LogP) is 4.98. The maximum absolute atomic E-state index is 13.9. The highest BCUT2D eigenvalue weighted by Crippen LogP contribution is 2.59. The van der Waals surface area contributed by atoms with Gasteiger partial charge in [-0.25, -0.2) is 0 Å². The molecule has 5 rings (SSSR count). The van der Waals surface area contributed by atoms with Crippen molar-refractivity contribution in [2.75, 3.05) is 0 Å². The summed E-state index contributed by atoms with van der Waals surface area (Å²) in [5.41, 5.74) is 1.43. The highest BCUT2D eigenvalue weighted by atomic mass is 16.2. The zero-order valence-corrected chi connectivity index (χ0v) is 15.9. The summed E-state index contributed by atoms with van der Waals surface area (Å²) in [5, 5.41) is 0. The number of carbonyl (C=O) groups excluding carboxylic acids is 3. The molecule has 0 aromatic heterocycles. The first-order valence-electron chi connectivity index (χ1n) is 9.94. The minimum atomic E-state index is -1.28. The summed E-state index contributed by atoms with van der Waals surface area (Å²) in [6.07, 6.45) is 0.414. The number of hydrogen-bond acceptors (Lipinski definition) is 3. The first-order valence-corrected chi connectivity index (χ1v) is 9.94. The van der Waals surface area contributed by atoms with Gasteiger partial charge >= 0.3 is 0 Å². The van der Waals surface area contributed by atoms with Crippen LogP contribution >= 0.6 is 0 Å². The second-order valence-electron chi connectivity index (χ2n) is 7.95. The number of benzene rings is 3. The van der Waals surface area contributed by atoms with Gasteiger partial charge in [-0.1, -0.05) is 84.9 Å². The SMILES string of the molecule is O=C1C[C@H](c2ccccc2)C2(C(=O)c3ccccc3C2=O)[C@H](c2ccccc2)C1. The lowest BCUT2D eigenvalue weighted by Crippen LogP contribution is -2.49. The van der Waals surface area contributed by atoms with E-state index < -0.39 is 17.3 Å². The van der Waals surface area contributed by atoms with Crippen LogP contribution in [0.15, 0.2) is 84.9 Å². The van der Waals surface area contributed by atoms with Crippen LogP contribution in [-0.4, -0.2) is 17.3 Å².